The highest BCUT2D eigenvalue weighted by molar-refractivity contribution is 5.93. The summed E-state index contributed by atoms with van der Waals surface area (Å²) in [5.74, 6) is -0.0942. The number of carbonyl (C=O) groups is 1. The molecule has 96 valence electrons. The van der Waals surface area contributed by atoms with E-state index in [1.807, 2.05) is 31.0 Å². The number of likely N-dealkylation sites (N-methyl/N-ethyl adjacent to an activating group) is 1. The van der Waals surface area contributed by atoms with Crippen molar-refractivity contribution < 1.29 is 4.79 Å². The number of aryl methyl sites for hydroxylation is 1. The Kier molecular flexibility index (Phi) is 5.15. The molecule has 5 heteroatoms. The number of carbonyl (C=O) groups excluding carboxylic acids is 1. The standard InChI is InChI=1S/C13H18N4O/c1-10-8-11(15)4-5-12(10)16-13(18)9-17(2)7-3-6-14/h4-5,8H,3,7,9,15H2,1-2H3,(H,16,18). The molecule has 0 spiro atoms. The lowest BCUT2D eigenvalue weighted by molar-refractivity contribution is -0.117. The van der Waals surface area contributed by atoms with Crippen molar-refractivity contribution in [3.63, 3.8) is 0 Å². The van der Waals surface area contributed by atoms with Gasteiger partial charge < -0.3 is 11.1 Å². The van der Waals surface area contributed by atoms with Gasteiger partial charge in [-0.2, -0.15) is 5.26 Å². The predicted octanol–water partition coefficient (Wildman–Crippen LogP) is 1.36. The van der Waals surface area contributed by atoms with E-state index in [-0.39, 0.29) is 12.5 Å². The first-order valence-corrected chi connectivity index (χ1v) is 5.74. The summed E-state index contributed by atoms with van der Waals surface area (Å²) < 4.78 is 0. The number of rotatable bonds is 5. The number of nitrogen functional groups attached to an aromatic ring is 1. The maximum absolute atomic E-state index is 11.8. The van der Waals surface area contributed by atoms with E-state index in [0.29, 0.717) is 18.7 Å². The van der Waals surface area contributed by atoms with Gasteiger partial charge in [-0.1, -0.05) is 0 Å². The summed E-state index contributed by atoms with van der Waals surface area (Å²) in [7, 11) is 1.81. The number of amides is 1. The van der Waals surface area contributed by atoms with Gasteiger partial charge in [-0.15, -0.1) is 0 Å². The number of nitrogens with two attached hydrogens (primary N) is 1. The smallest absolute Gasteiger partial charge is 0.238 e. The van der Waals surface area contributed by atoms with Gasteiger partial charge in [0, 0.05) is 24.3 Å². The van der Waals surface area contributed by atoms with Crippen molar-refractivity contribution in [2.75, 3.05) is 31.2 Å². The monoisotopic (exact) mass is 246 g/mol. The van der Waals surface area contributed by atoms with Gasteiger partial charge in [0.2, 0.25) is 5.91 Å². The Hall–Kier alpha value is -2.06. The third-order valence-electron chi connectivity index (χ3n) is 2.54. The molecule has 0 aromatic heterocycles. The van der Waals surface area contributed by atoms with Crippen LogP contribution in [0.15, 0.2) is 18.2 Å². The van der Waals surface area contributed by atoms with E-state index in [1.54, 1.807) is 12.1 Å². The largest absolute Gasteiger partial charge is 0.399 e. The fourth-order valence-electron chi connectivity index (χ4n) is 1.58. The molecule has 0 unspecified atom stereocenters. The number of nitrogens with zero attached hydrogens (tertiary/aromatic N) is 2. The maximum atomic E-state index is 11.8. The van der Waals surface area contributed by atoms with Gasteiger partial charge in [-0.25, -0.2) is 0 Å². The minimum Gasteiger partial charge on any atom is -0.399 e. The van der Waals surface area contributed by atoms with Crippen LogP contribution in [0.5, 0.6) is 0 Å². The maximum Gasteiger partial charge on any atom is 0.238 e. The molecule has 1 amide bonds. The fourth-order valence-corrected chi connectivity index (χ4v) is 1.58. The van der Waals surface area contributed by atoms with Crippen LogP contribution in [0.1, 0.15) is 12.0 Å². The second-order valence-corrected chi connectivity index (χ2v) is 4.27. The van der Waals surface area contributed by atoms with Gasteiger partial charge in [0.1, 0.15) is 0 Å². The highest BCUT2D eigenvalue weighted by Gasteiger charge is 2.08. The van der Waals surface area contributed by atoms with Crippen molar-refractivity contribution in [3.05, 3.63) is 23.8 Å². The van der Waals surface area contributed by atoms with Gasteiger partial charge >= 0.3 is 0 Å². The van der Waals surface area contributed by atoms with Gasteiger partial charge in [-0.05, 0) is 37.7 Å². The zero-order chi connectivity index (χ0) is 13.5. The minimum atomic E-state index is -0.0942. The molecule has 0 heterocycles. The van der Waals surface area contributed by atoms with Gasteiger partial charge in [0.05, 0.1) is 12.6 Å². The predicted molar refractivity (Wildman–Crippen MR) is 71.9 cm³/mol. The molecule has 0 bridgehead atoms. The van der Waals surface area contributed by atoms with Crippen molar-refractivity contribution in [3.8, 4) is 6.07 Å². The molecular weight excluding hydrogens is 228 g/mol. The number of anilines is 2. The summed E-state index contributed by atoms with van der Waals surface area (Å²) in [5, 5.41) is 11.3. The van der Waals surface area contributed by atoms with E-state index >= 15 is 0 Å². The second kappa shape index (κ2) is 6.62. The van der Waals surface area contributed by atoms with Crippen molar-refractivity contribution in [2.45, 2.75) is 13.3 Å². The van der Waals surface area contributed by atoms with Crippen LogP contribution in [0.2, 0.25) is 0 Å². The number of benzene rings is 1. The summed E-state index contributed by atoms with van der Waals surface area (Å²) in [6.45, 7) is 2.75. The van der Waals surface area contributed by atoms with E-state index in [2.05, 4.69) is 5.32 Å². The Morgan fingerprint density at radius 2 is 2.28 bits per heavy atom. The molecule has 1 aromatic carbocycles. The lowest BCUT2D eigenvalue weighted by atomic mass is 10.2. The Morgan fingerprint density at radius 1 is 1.56 bits per heavy atom. The minimum absolute atomic E-state index is 0.0942. The van der Waals surface area contributed by atoms with Crippen LogP contribution in [-0.2, 0) is 4.79 Å². The average molecular weight is 246 g/mol. The van der Waals surface area contributed by atoms with Crippen LogP contribution in [0.3, 0.4) is 0 Å². The van der Waals surface area contributed by atoms with Crippen LogP contribution in [0, 0.1) is 18.3 Å². The highest BCUT2D eigenvalue weighted by Crippen LogP contribution is 2.17. The highest BCUT2D eigenvalue weighted by atomic mass is 16.2. The Labute approximate surface area is 107 Å². The van der Waals surface area contributed by atoms with Crippen molar-refractivity contribution in [1.29, 1.82) is 5.26 Å². The summed E-state index contributed by atoms with van der Waals surface area (Å²) in [6.07, 6.45) is 0.421. The van der Waals surface area contributed by atoms with E-state index in [4.69, 9.17) is 11.0 Å². The quantitative estimate of drug-likeness (QED) is 0.768. The molecular formula is C13H18N4O. The van der Waals surface area contributed by atoms with Crippen LogP contribution in [-0.4, -0.2) is 30.9 Å². The van der Waals surface area contributed by atoms with Gasteiger partial charge in [0.15, 0.2) is 0 Å². The Balaban J connectivity index is 2.52. The number of nitrogens with one attached hydrogen (secondary N) is 1. The van der Waals surface area contributed by atoms with E-state index in [9.17, 15) is 4.79 Å². The second-order valence-electron chi connectivity index (χ2n) is 4.27. The fraction of sp³-hybridized carbons (Fsp3) is 0.385. The van der Waals surface area contributed by atoms with Crippen molar-refractivity contribution in [2.24, 2.45) is 0 Å². The van der Waals surface area contributed by atoms with E-state index < -0.39 is 0 Å². The topological polar surface area (TPSA) is 82.2 Å². The first-order chi connectivity index (χ1) is 8.52. The first kappa shape index (κ1) is 14.0. The lowest BCUT2D eigenvalue weighted by Gasteiger charge is -2.15. The molecule has 0 aliphatic heterocycles. The zero-order valence-corrected chi connectivity index (χ0v) is 10.7. The molecule has 0 aliphatic carbocycles. The number of hydrogen-bond acceptors (Lipinski definition) is 4. The summed E-state index contributed by atoms with van der Waals surface area (Å²) in [5.41, 5.74) is 8.02. The normalized spacial score (nSPS) is 10.1. The van der Waals surface area contributed by atoms with E-state index in [1.165, 1.54) is 0 Å². The van der Waals surface area contributed by atoms with Crippen LogP contribution >= 0.6 is 0 Å². The summed E-state index contributed by atoms with van der Waals surface area (Å²) in [4.78, 5) is 13.6. The van der Waals surface area contributed by atoms with Gasteiger partial charge in [-0.3, -0.25) is 9.69 Å². The number of nitriles is 1. The number of hydrogen-bond donors (Lipinski definition) is 2. The third-order valence-corrected chi connectivity index (χ3v) is 2.54. The van der Waals surface area contributed by atoms with Crippen molar-refractivity contribution >= 4 is 17.3 Å². The SMILES string of the molecule is Cc1cc(N)ccc1NC(=O)CN(C)CCC#N. The van der Waals surface area contributed by atoms with E-state index in [0.717, 1.165) is 11.3 Å². The van der Waals surface area contributed by atoms with Gasteiger partial charge in [0.25, 0.3) is 0 Å². The third kappa shape index (κ3) is 4.44. The summed E-state index contributed by atoms with van der Waals surface area (Å²) in [6, 6.07) is 7.41. The molecule has 0 atom stereocenters. The molecule has 0 aliphatic rings. The molecule has 0 saturated heterocycles. The average Bonchev–Trinajstić information content (AvgIpc) is 2.30. The van der Waals surface area contributed by atoms with Crippen molar-refractivity contribution in [1.82, 2.24) is 4.90 Å². The molecule has 0 radical (unpaired) electrons. The molecule has 1 aromatic rings. The molecule has 0 saturated carbocycles. The lowest BCUT2D eigenvalue weighted by Crippen LogP contribution is -2.30. The van der Waals surface area contributed by atoms with Crippen LogP contribution in [0.4, 0.5) is 11.4 Å². The van der Waals surface area contributed by atoms with Crippen LogP contribution < -0.4 is 11.1 Å². The molecule has 0 fully saturated rings. The Bertz CT molecular complexity index is 465. The molecule has 5 nitrogen and oxygen atoms in total. The first-order valence-electron chi connectivity index (χ1n) is 5.74. The molecule has 1 rings (SSSR count). The molecule has 3 N–H and O–H groups in total. The summed E-state index contributed by atoms with van der Waals surface area (Å²) >= 11 is 0. The molecule has 18 heavy (non-hydrogen) atoms. The van der Waals surface area contributed by atoms with Crippen LogP contribution in [0.25, 0.3) is 0 Å². The Morgan fingerprint density at radius 3 is 2.89 bits per heavy atom. The zero-order valence-electron chi connectivity index (χ0n) is 10.7.